The van der Waals surface area contributed by atoms with Crippen molar-refractivity contribution in [3.63, 3.8) is 0 Å². The van der Waals surface area contributed by atoms with Crippen LogP contribution in [0.2, 0.25) is 0 Å². The highest BCUT2D eigenvalue weighted by molar-refractivity contribution is 5.98. The van der Waals surface area contributed by atoms with Crippen molar-refractivity contribution in [1.29, 1.82) is 0 Å². The van der Waals surface area contributed by atoms with Crippen LogP contribution in [0.25, 0.3) is 10.9 Å². The number of nitrogens with one attached hydrogen (secondary N) is 2. The van der Waals surface area contributed by atoms with Crippen molar-refractivity contribution in [2.75, 3.05) is 20.1 Å². The Morgan fingerprint density at radius 3 is 2.95 bits per heavy atom. The van der Waals surface area contributed by atoms with Gasteiger partial charge in [-0.05, 0) is 23.6 Å². The average molecular weight is 259 g/mol. The number of aromatic amines is 1. The highest BCUT2D eigenvalue weighted by Crippen LogP contribution is 2.17. The summed E-state index contributed by atoms with van der Waals surface area (Å²) in [6, 6.07) is 7.41. The van der Waals surface area contributed by atoms with E-state index in [4.69, 9.17) is 0 Å². The van der Waals surface area contributed by atoms with Gasteiger partial charge < -0.3 is 20.3 Å². The summed E-state index contributed by atoms with van der Waals surface area (Å²) in [6.07, 6.45) is 1.36. The number of nitrogens with zero attached hydrogens (tertiary/aromatic N) is 1. The molecule has 1 aromatic heterocycles. The van der Waals surface area contributed by atoms with Crippen molar-refractivity contribution >= 4 is 16.8 Å². The molecule has 0 radical (unpaired) electrons. The van der Waals surface area contributed by atoms with E-state index in [0.29, 0.717) is 18.7 Å². The number of aliphatic hydroxyl groups is 1. The topological polar surface area (TPSA) is 68.4 Å². The van der Waals surface area contributed by atoms with E-state index in [1.807, 2.05) is 30.5 Å². The number of H-pyrrole nitrogens is 1. The summed E-state index contributed by atoms with van der Waals surface area (Å²) in [5.41, 5.74) is 1.58. The maximum atomic E-state index is 12.4. The summed E-state index contributed by atoms with van der Waals surface area (Å²) >= 11 is 0. The lowest BCUT2D eigenvalue weighted by Gasteiger charge is -2.26. The Bertz CT molecular complexity index is 608. The van der Waals surface area contributed by atoms with E-state index in [1.54, 1.807) is 11.9 Å². The number of rotatable bonds is 2. The third kappa shape index (κ3) is 2.11. The molecule has 1 fully saturated rings. The molecular formula is C14H17N3O2. The molecule has 100 valence electrons. The lowest BCUT2D eigenvalue weighted by Crippen LogP contribution is -2.44. The van der Waals surface area contributed by atoms with Gasteiger partial charge in [-0.25, -0.2) is 0 Å². The quantitative estimate of drug-likeness (QED) is 0.738. The van der Waals surface area contributed by atoms with Crippen LogP contribution in [0, 0.1) is 0 Å². The zero-order valence-corrected chi connectivity index (χ0v) is 10.8. The van der Waals surface area contributed by atoms with Gasteiger partial charge in [0.15, 0.2) is 0 Å². The molecule has 3 N–H and O–H groups in total. The first kappa shape index (κ1) is 12.2. The predicted molar refractivity (Wildman–Crippen MR) is 73.1 cm³/mol. The van der Waals surface area contributed by atoms with E-state index in [-0.39, 0.29) is 11.9 Å². The Morgan fingerprint density at radius 2 is 2.21 bits per heavy atom. The van der Waals surface area contributed by atoms with E-state index in [0.717, 1.165) is 10.9 Å². The van der Waals surface area contributed by atoms with E-state index >= 15 is 0 Å². The number of hydrogen-bond acceptors (Lipinski definition) is 3. The SMILES string of the molecule is CN(C(=O)c1ccc2cc[nH]c2c1)[C@H]1CNC[C@@H]1O. The van der Waals surface area contributed by atoms with Crippen LogP contribution < -0.4 is 5.32 Å². The van der Waals surface area contributed by atoms with Gasteiger partial charge in [-0.3, -0.25) is 4.79 Å². The van der Waals surface area contributed by atoms with E-state index in [2.05, 4.69) is 10.3 Å². The summed E-state index contributed by atoms with van der Waals surface area (Å²) in [7, 11) is 1.74. The van der Waals surface area contributed by atoms with Crippen molar-refractivity contribution in [3.05, 3.63) is 36.0 Å². The van der Waals surface area contributed by atoms with E-state index in [1.165, 1.54) is 0 Å². The predicted octanol–water partition coefficient (Wildman–Crippen LogP) is 0.573. The normalized spacial score (nSPS) is 22.8. The molecule has 0 unspecified atom stereocenters. The number of aromatic nitrogens is 1. The first-order valence-electron chi connectivity index (χ1n) is 6.40. The van der Waals surface area contributed by atoms with Crippen molar-refractivity contribution in [2.45, 2.75) is 12.1 Å². The van der Waals surface area contributed by atoms with Gasteiger partial charge in [-0.15, -0.1) is 0 Å². The minimum absolute atomic E-state index is 0.0655. The monoisotopic (exact) mass is 259 g/mol. The zero-order valence-electron chi connectivity index (χ0n) is 10.8. The molecule has 0 spiro atoms. The first-order chi connectivity index (χ1) is 9.16. The summed E-state index contributed by atoms with van der Waals surface area (Å²) in [5, 5.41) is 14.0. The number of benzene rings is 1. The Hall–Kier alpha value is -1.85. The molecule has 1 aliphatic heterocycles. The molecule has 0 bridgehead atoms. The minimum Gasteiger partial charge on any atom is -0.390 e. The molecule has 2 atom stereocenters. The zero-order chi connectivity index (χ0) is 13.4. The molecule has 5 nitrogen and oxygen atoms in total. The van der Waals surface area contributed by atoms with Gasteiger partial charge in [0, 0.05) is 37.4 Å². The van der Waals surface area contributed by atoms with E-state index in [9.17, 15) is 9.90 Å². The Balaban J connectivity index is 1.86. The van der Waals surface area contributed by atoms with Gasteiger partial charge >= 0.3 is 0 Å². The van der Waals surface area contributed by atoms with E-state index < -0.39 is 6.10 Å². The summed E-state index contributed by atoms with van der Waals surface area (Å²) < 4.78 is 0. The Morgan fingerprint density at radius 1 is 1.37 bits per heavy atom. The Labute approximate surface area is 111 Å². The van der Waals surface area contributed by atoms with Gasteiger partial charge in [0.2, 0.25) is 0 Å². The van der Waals surface area contributed by atoms with Crippen LogP contribution in [0.3, 0.4) is 0 Å². The van der Waals surface area contributed by atoms with Crippen LogP contribution in [0.5, 0.6) is 0 Å². The summed E-state index contributed by atoms with van der Waals surface area (Å²) in [4.78, 5) is 17.1. The minimum atomic E-state index is -0.497. The second kappa shape index (κ2) is 4.68. The molecule has 1 saturated heterocycles. The maximum Gasteiger partial charge on any atom is 0.254 e. The van der Waals surface area contributed by atoms with Crippen LogP contribution in [-0.4, -0.2) is 53.2 Å². The number of carbonyl (C=O) groups is 1. The fourth-order valence-electron chi connectivity index (χ4n) is 2.58. The highest BCUT2D eigenvalue weighted by atomic mass is 16.3. The molecule has 1 aliphatic rings. The van der Waals surface area contributed by atoms with Crippen molar-refractivity contribution in [2.24, 2.45) is 0 Å². The van der Waals surface area contributed by atoms with Crippen LogP contribution in [-0.2, 0) is 0 Å². The number of β-amino-alcohol motifs (C(OH)–C–C–N with tert-alkyl or cyclic N) is 1. The number of carbonyl (C=O) groups excluding carboxylic acids is 1. The number of amides is 1. The lowest BCUT2D eigenvalue weighted by molar-refractivity contribution is 0.0581. The van der Waals surface area contributed by atoms with Gasteiger partial charge in [-0.1, -0.05) is 6.07 Å². The second-order valence-electron chi connectivity index (χ2n) is 4.99. The molecule has 5 heteroatoms. The van der Waals surface area contributed by atoms with Crippen molar-refractivity contribution in [3.8, 4) is 0 Å². The van der Waals surface area contributed by atoms with Gasteiger partial charge in [-0.2, -0.15) is 0 Å². The number of hydrogen-bond donors (Lipinski definition) is 3. The number of likely N-dealkylation sites (N-methyl/N-ethyl adjacent to an activating group) is 1. The average Bonchev–Trinajstić information content (AvgIpc) is 3.04. The maximum absolute atomic E-state index is 12.4. The van der Waals surface area contributed by atoms with Crippen LogP contribution in [0.15, 0.2) is 30.5 Å². The van der Waals surface area contributed by atoms with Crippen molar-refractivity contribution < 1.29 is 9.90 Å². The van der Waals surface area contributed by atoms with Gasteiger partial charge in [0.25, 0.3) is 5.91 Å². The number of fused-ring (bicyclic) bond motifs is 1. The van der Waals surface area contributed by atoms with Crippen LogP contribution in [0.1, 0.15) is 10.4 Å². The largest absolute Gasteiger partial charge is 0.390 e. The first-order valence-corrected chi connectivity index (χ1v) is 6.40. The standard InChI is InChI=1S/C14H17N3O2/c1-17(12-7-15-8-13(12)18)14(19)10-3-2-9-4-5-16-11(9)6-10/h2-6,12-13,15-16,18H,7-8H2,1H3/t12-,13-/m0/s1. The van der Waals surface area contributed by atoms with Gasteiger partial charge in [0.1, 0.15) is 0 Å². The lowest BCUT2D eigenvalue weighted by atomic mass is 10.1. The molecule has 1 amide bonds. The summed E-state index contributed by atoms with van der Waals surface area (Å²) in [5.74, 6) is -0.0655. The molecule has 2 heterocycles. The molecule has 0 saturated carbocycles. The fraction of sp³-hybridized carbons (Fsp3) is 0.357. The fourth-order valence-corrected chi connectivity index (χ4v) is 2.58. The Kier molecular flexibility index (Phi) is 3.00. The van der Waals surface area contributed by atoms with Gasteiger partial charge in [0.05, 0.1) is 12.1 Å². The highest BCUT2D eigenvalue weighted by Gasteiger charge is 2.31. The second-order valence-corrected chi connectivity index (χ2v) is 4.99. The van der Waals surface area contributed by atoms with Crippen molar-refractivity contribution in [1.82, 2.24) is 15.2 Å². The third-order valence-corrected chi connectivity index (χ3v) is 3.77. The smallest absolute Gasteiger partial charge is 0.254 e. The molecule has 19 heavy (non-hydrogen) atoms. The molecule has 1 aromatic carbocycles. The van der Waals surface area contributed by atoms with Crippen LogP contribution in [0.4, 0.5) is 0 Å². The molecule has 3 rings (SSSR count). The third-order valence-electron chi connectivity index (χ3n) is 3.77. The number of aliphatic hydroxyl groups excluding tert-OH is 1. The molecular weight excluding hydrogens is 242 g/mol. The molecule has 2 aromatic rings. The molecule has 0 aliphatic carbocycles. The summed E-state index contributed by atoms with van der Waals surface area (Å²) in [6.45, 7) is 1.17. The van der Waals surface area contributed by atoms with Crippen LogP contribution >= 0.6 is 0 Å².